The first kappa shape index (κ1) is 15.6. The molecule has 0 aliphatic carbocycles. The maximum absolute atomic E-state index is 12.1. The van der Waals surface area contributed by atoms with E-state index in [1.165, 1.54) is 12.4 Å². The van der Waals surface area contributed by atoms with Gasteiger partial charge in [0.15, 0.2) is 5.82 Å². The number of hydrogen-bond donors (Lipinski definition) is 2. The van der Waals surface area contributed by atoms with Crippen molar-refractivity contribution in [1.29, 1.82) is 0 Å². The summed E-state index contributed by atoms with van der Waals surface area (Å²) in [6, 6.07) is 0. The monoisotopic (exact) mass is 314 g/mol. The van der Waals surface area contributed by atoms with Crippen LogP contribution in [0, 0.1) is 6.92 Å². The van der Waals surface area contributed by atoms with Crippen molar-refractivity contribution in [3.8, 4) is 0 Å². The average molecular weight is 314 g/mol. The third-order valence-electron chi connectivity index (χ3n) is 2.68. The van der Waals surface area contributed by atoms with E-state index in [1.54, 1.807) is 11.6 Å². The topological polar surface area (TPSA) is 115 Å². The molecule has 0 amide bonds. The maximum Gasteiger partial charge on any atom is 0.244 e. The van der Waals surface area contributed by atoms with Crippen LogP contribution in [-0.4, -0.2) is 41.4 Å². The van der Waals surface area contributed by atoms with Gasteiger partial charge in [0.25, 0.3) is 0 Å². The second kappa shape index (κ2) is 6.78. The Morgan fingerprint density at radius 1 is 1.43 bits per heavy atom. The Labute approximate surface area is 122 Å². The number of aromatic nitrogens is 4. The Hall–Kier alpha value is -1.78. The standard InChI is InChI=1S/C11H18N6O3S/c1-3-12-4-5-17-8-10(6-13-17)21(18,19)14-7-11-15-9(2)20-16-11/h6,8,12,14H,3-5,7H2,1-2H3. The van der Waals surface area contributed by atoms with Crippen molar-refractivity contribution in [1.82, 2.24) is 30.0 Å². The molecule has 10 heteroatoms. The van der Waals surface area contributed by atoms with Crippen LogP contribution in [0.2, 0.25) is 0 Å². The van der Waals surface area contributed by atoms with E-state index in [9.17, 15) is 8.42 Å². The lowest BCUT2D eigenvalue weighted by Gasteiger charge is -2.02. The summed E-state index contributed by atoms with van der Waals surface area (Å²) < 4.78 is 32.9. The molecule has 0 atom stereocenters. The van der Waals surface area contributed by atoms with Crippen LogP contribution in [0.4, 0.5) is 0 Å². The molecule has 2 heterocycles. The fraction of sp³-hybridized carbons (Fsp3) is 0.545. The van der Waals surface area contributed by atoms with Gasteiger partial charge in [-0.2, -0.15) is 10.1 Å². The lowest BCUT2D eigenvalue weighted by Crippen LogP contribution is -2.23. The van der Waals surface area contributed by atoms with Crippen LogP contribution in [-0.2, 0) is 23.1 Å². The van der Waals surface area contributed by atoms with Gasteiger partial charge in [-0.15, -0.1) is 0 Å². The van der Waals surface area contributed by atoms with Crippen molar-refractivity contribution in [2.75, 3.05) is 13.1 Å². The Bertz CT molecular complexity index is 678. The fourth-order valence-electron chi connectivity index (χ4n) is 1.63. The highest BCUT2D eigenvalue weighted by Crippen LogP contribution is 2.07. The Balaban J connectivity index is 1.95. The first-order valence-electron chi connectivity index (χ1n) is 6.53. The predicted octanol–water partition coefficient (Wildman–Crippen LogP) is -0.337. The molecule has 0 radical (unpaired) electrons. The minimum Gasteiger partial charge on any atom is -0.340 e. The van der Waals surface area contributed by atoms with Crippen LogP contribution in [0.1, 0.15) is 18.6 Å². The van der Waals surface area contributed by atoms with Gasteiger partial charge >= 0.3 is 0 Å². The molecule has 2 aromatic rings. The van der Waals surface area contributed by atoms with Crippen molar-refractivity contribution >= 4 is 10.0 Å². The van der Waals surface area contributed by atoms with Crippen LogP contribution in [0.5, 0.6) is 0 Å². The van der Waals surface area contributed by atoms with Crippen LogP contribution in [0.25, 0.3) is 0 Å². The van der Waals surface area contributed by atoms with Gasteiger partial charge in [-0.3, -0.25) is 4.68 Å². The molecule has 2 N–H and O–H groups in total. The molecule has 2 aromatic heterocycles. The van der Waals surface area contributed by atoms with E-state index in [4.69, 9.17) is 4.52 Å². The minimum atomic E-state index is -3.63. The number of sulfonamides is 1. The van der Waals surface area contributed by atoms with Gasteiger partial charge in [0.05, 0.1) is 19.3 Å². The molecule has 0 aromatic carbocycles. The summed E-state index contributed by atoms with van der Waals surface area (Å²) in [5.41, 5.74) is 0. The molecule has 0 aliphatic heterocycles. The van der Waals surface area contributed by atoms with Crippen molar-refractivity contribution < 1.29 is 12.9 Å². The van der Waals surface area contributed by atoms with Gasteiger partial charge < -0.3 is 9.84 Å². The number of rotatable bonds is 8. The summed E-state index contributed by atoms with van der Waals surface area (Å²) in [6.45, 7) is 5.81. The largest absolute Gasteiger partial charge is 0.340 e. The number of likely N-dealkylation sites (N-methyl/N-ethyl adjacent to an activating group) is 1. The van der Waals surface area contributed by atoms with Crippen molar-refractivity contribution in [3.05, 3.63) is 24.1 Å². The van der Waals surface area contributed by atoms with Gasteiger partial charge in [0, 0.05) is 19.7 Å². The highest BCUT2D eigenvalue weighted by Gasteiger charge is 2.17. The van der Waals surface area contributed by atoms with Crippen LogP contribution in [0.15, 0.2) is 21.8 Å². The highest BCUT2D eigenvalue weighted by molar-refractivity contribution is 7.89. The lowest BCUT2D eigenvalue weighted by molar-refractivity contribution is 0.387. The smallest absolute Gasteiger partial charge is 0.244 e. The molecule has 2 rings (SSSR count). The molecular weight excluding hydrogens is 296 g/mol. The van der Waals surface area contributed by atoms with E-state index in [0.29, 0.717) is 12.4 Å². The summed E-state index contributed by atoms with van der Waals surface area (Å²) in [4.78, 5) is 4.04. The molecule has 0 spiro atoms. The summed E-state index contributed by atoms with van der Waals surface area (Å²) in [5, 5.41) is 10.8. The zero-order valence-electron chi connectivity index (χ0n) is 11.9. The molecule has 0 bridgehead atoms. The number of nitrogens with zero attached hydrogens (tertiary/aromatic N) is 4. The van der Waals surface area contributed by atoms with Gasteiger partial charge in [-0.25, -0.2) is 13.1 Å². The molecule has 0 saturated carbocycles. The molecule has 0 fully saturated rings. The van der Waals surface area contributed by atoms with Crippen molar-refractivity contribution in [2.45, 2.75) is 31.8 Å². The SMILES string of the molecule is CCNCCn1cc(S(=O)(=O)NCc2noc(C)n2)cn1. The Kier molecular flexibility index (Phi) is 5.04. The van der Waals surface area contributed by atoms with Crippen LogP contribution in [0.3, 0.4) is 0 Å². The maximum atomic E-state index is 12.1. The van der Waals surface area contributed by atoms with Crippen molar-refractivity contribution in [2.24, 2.45) is 0 Å². The van der Waals surface area contributed by atoms with E-state index in [1.807, 2.05) is 6.92 Å². The number of nitrogens with one attached hydrogen (secondary N) is 2. The quantitative estimate of drug-likeness (QED) is 0.641. The summed E-state index contributed by atoms with van der Waals surface area (Å²) in [6.07, 6.45) is 2.80. The lowest BCUT2D eigenvalue weighted by atomic mass is 10.6. The molecule has 9 nitrogen and oxygen atoms in total. The zero-order chi connectivity index (χ0) is 15.3. The van der Waals surface area contributed by atoms with Gasteiger partial charge in [-0.05, 0) is 6.54 Å². The molecule has 0 aliphatic rings. The van der Waals surface area contributed by atoms with Crippen LogP contribution < -0.4 is 10.0 Å². The molecule has 116 valence electrons. The highest BCUT2D eigenvalue weighted by atomic mass is 32.2. The number of hydrogen-bond acceptors (Lipinski definition) is 7. The van der Waals surface area contributed by atoms with Crippen LogP contribution >= 0.6 is 0 Å². The average Bonchev–Trinajstić information content (AvgIpc) is 3.06. The van der Waals surface area contributed by atoms with Gasteiger partial charge in [-0.1, -0.05) is 12.1 Å². The Morgan fingerprint density at radius 2 is 2.24 bits per heavy atom. The molecule has 0 unspecified atom stereocenters. The van der Waals surface area contributed by atoms with E-state index in [-0.39, 0.29) is 17.3 Å². The van der Waals surface area contributed by atoms with E-state index in [0.717, 1.165) is 13.1 Å². The fourth-order valence-corrected chi connectivity index (χ4v) is 2.56. The Morgan fingerprint density at radius 3 is 2.90 bits per heavy atom. The van der Waals surface area contributed by atoms with Gasteiger partial charge in [0.1, 0.15) is 4.90 Å². The van der Waals surface area contributed by atoms with Gasteiger partial charge in [0.2, 0.25) is 15.9 Å². The summed E-state index contributed by atoms with van der Waals surface area (Å²) >= 11 is 0. The second-order valence-electron chi connectivity index (χ2n) is 4.35. The summed E-state index contributed by atoms with van der Waals surface area (Å²) in [7, 11) is -3.63. The second-order valence-corrected chi connectivity index (χ2v) is 6.11. The van der Waals surface area contributed by atoms with E-state index < -0.39 is 10.0 Å². The zero-order valence-corrected chi connectivity index (χ0v) is 12.7. The summed E-state index contributed by atoms with van der Waals surface area (Å²) in [5.74, 6) is 0.677. The molecule has 0 saturated heterocycles. The minimum absolute atomic E-state index is 0.0256. The third kappa shape index (κ3) is 4.34. The first-order chi connectivity index (χ1) is 10.0. The molecular formula is C11H18N6O3S. The van der Waals surface area contributed by atoms with E-state index >= 15 is 0 Å². The third-order valence-corrected chi connectivity index (χ3v) is 4.03. The van der Waals surface area contributed by atoms with E-state index in [2.05, 4.69) is 25.3 Å². The first-order valence-corrected chi connectivity index (χ1v) is 8.01. The van der Waals surface area contributed by atoms with Crippen molar-refractivity contribution in [3.63, 3.8) is 0 Å². The predicted molar refractivity (Wildman–Crippen MR) is 73.8 cm³/mol. The molecule has 21 heavy (non-hydrogen) atoms. The normalized spacial score (nSPS) is 11.9. The number of aryl methyl sites for hydroxylation is 1.